The van der Waals surface area contributed by atoms with Crippen molar-refractivity contribution in [2.24, 2.45) is 0 Å². The fraction of sp³-hybridized carbons (Fsp3) is 0.657. The van der Waals surface area contributed by atoms with E-state index in [1.54, 1.807) is 11.3 Å². The van der Waals surface area contributed by atoms with Crippen molar-refractivity contribution in [3.63, 3.8) is 0 Å². The Kier molecular flexibility index (Phi) is 7.18. The highest BCUT2D eigenvalue weighted by Gasteiger charge is 2.51. The molecule has 12 heteroatoms. The summed E-state index contributed by atoms with van der Waals surface area (Å²) in [5.41, 5.74) is 11.3. The number of aryl methyl sites for hydroxylation is 1. The number of aromatic nitrogens is 3. The molecule has 47 heavy (non-hydrogen) atoms. The van der Waals surface area contributed by atoms with Crippen LogP contribution in [0.15, 0.2) is 4.52 Å². The van der Waals surface area contributed by atoms with Crippen molar-refractivity contribution >= 4 is 16.3 Å². The number of rotatable bonds is 5. The lowest BCUT2D eigenvalue weighted by Gasteiger charge is -2.46. The first kappa shape index (κ1) is 30.0. The Balaban J connectivity index is 1.18. The van der Waals surface area contributed by atoms with Crippen LogP contribution in [-0.2, 0) is 39.7 Å². The average molecular weight is 658 g/mol. The smallest absolute Gasteiger partial charge is 0.222 e. The van der Waals surface area contributed by atoms with Crippen molar-refractivity contribution in [3.8, 4) is 23.5 Å². The Morgan fingerprint density at radius 3 is 2.68 bits per heavy atom. The second-order valence-corrected chi connectivity index (χ2v) is 15.9. The van der Waals surface area contributed by atoms with Crippen molar-refractivity contribution in [3.05, 3.63) is 38.6 Å². The van der Waals surface area contributed by atoms with Gasteiger partial charge in [-0.25, -0.2) is 4.98 Å². The zero-order valence-corrected chi connectivity index (χ0v) is 28.2. The fourth-order valence-corrected chi connectivity index (χ4v) is 10.7. The summed E-state index contributed by atoms with van der Waals surface area (Å²) in [5.74, 6) is 2.10. The van der Waals surface area contributed by atoms with Gasteiger partial charge in [-0.05, 0) is 83.9 Å². The van der Waals surface area contributed by atoms with E-state index >= 15 is 0 Å². The number of nitrogen functional groups attached to an aromatic ring is 1. The second-order valence-electron chi connectivity index (χ2n) is 14.8. The molecule has 11 nitrogen and oxygen atoms in total. The van der Waals surface area contributed by atoms with Crippen molar-refractivity contribution < 1.29 is 18.7 Å². The zero-order chi connectivity index (χ0) is 31.9. The number of hydrogen-bond donors (Lipinski definition) is 1. The lowest BCUT2D eigenvalue weighted by Crippen LogP contribution is -2.56. The van der Waals surface area contributed by atoms with Gasteiger partial charge in [-0.15, -0.1) is 11.3 Å². The molecule has 0 unspecified atom stereocenters. The van der Waals surface area contributed by atoms with Gasteiger partial charge in [-0.2, -0.15) is 10.2 Å². The molecular formula is C35H43N7O4S. The molecular weight excluding hydrogens is 614 g/mol. The van der Waals surface area contributed by atoms with Gasteiger partial charge in [0.15, 0.2) is 17.3 Å². The number of nitriles is 1. The van der Waals surface area contributed by atoms with Crippen LogP contribution in [0.5, 0.6) is 5.88 Å². The van der Waals surface area contributed by atoms with Crippen LogP contribution < -0.4 is 10.5 Å². The summed E-state index contributed by atoms with van der Waals surface area (Å²) in [7, 11) is 2.19. The first-order valence-corrected chi connectivity index (χ1v) is 18.2. The minimum absolute atomic E-state index is 0.0313. The molecule has 0 amide bonds. The van der Waals surface area contributed by atoms with E-state index in [4.69, 9.17) is 39.6 Å². The first-order valence-electron chi connectivity index (χ1n) is 17.4. The maximum atomic E-state index is 10.2. The number of anilines is 1. The molecule has 7 heterocycles. The molecule has 0 saturated carbocycles. The molecule has 4 aliphatic heterocycles. The van der Waals surface area contributed by atoms with Crippen LogP contribution in [0.25, 0.3) is 11.5 Å². The van der Waals surface area contributed by atoms with Gasteiger partial charge in [0.1, 0.15) is 17.2 Å². The van der Waals surface area contributed by atoms with Crippen LogP contribution in [-0.4, -0.2) is 89.7 Å². The average Bonchev–Trinajstić information content (AvgIpc) is 3.84. The van der Waals surface area contributed by atoms with Crippen LogP contribution in [0.2, 0.25) is 0 Å². The molecule has 3 saturated heterocycles. The molecule has 0 aromatic carbocycles. The molecule has 2 aliphatic carbocycles. The van der Waals surface area contributed by atoms with Gasteiger partial charge < -0.3 is 24.5 Å². The third kappa shape index (κ3) is 4.53. The monoisotopic (exact) mass is 657 g/mol. The Bertz CT molecular complexity index is 1750. The summed E-state index contributed by atoms with van der Waals surface area (Å²) >= 11 is 1.56. The number of nitrogens with two attached hydrogens (primary N) is 1. The van der Waals surface area contributed by atoms with E-state index in [1.807, 2.05) is 0 Å². The van der Waals surface area contributed by atoms with E-state index in [-0.39, 0.29) is 11.5 Å². The van der Waals surface area contributed by atoms with Crippen LogP contribution in [0.1, 0.15) is 90.5 Å². The molecule has 248 valence electrons. The predicted octanol–water partition coefficient (Wildman–Crippen LogP) is 4.34. The lowest BCUT2D eigenvalue weighted by atomic mass is 9.63. The normalized spacial score (nSPS) is 29.8. The Morgan fingerprint density at radius 2 is 1.96 bits per heavy atom. The summed E-state index contributed by atoms with van der Waals surface area (Å²) in [5, 5.41) is 15.5. The molecule has 3 aromatic rings. The SMILES string of the molecule is C[C@H](Oc1nc(-c2noc3c2CCC[C@@]32CCCc3sc(N)c(C#N)c32)nc2c1CN(C1COC1)C[C@]21CCOC1)[C@@H]1CCCN1C. The van der Waals surface area contributed by atoms with Crippen molar-refractivity contribution in [2.45, 2.75) is 100 Å². The number of hydrogen-bond acceptors (Lipinski definition) is 12. The molecule has 9 rings (SSSR count). The van der Waals surface area contributed by atoms with Gasteiger partial charge in [0.05, 0.1) is 53.5 Å². The van der Waals surface area contributed by atoms with Crippen LogP contribution in [0.4, 0.5) is 5.00 Å². The minimum Gasteiger partial charge on any atom is -0.473 e. The van der Waals surface area contributed by atoms with Crippen LogP contribution >= 0.6 is 11.3 Å². The second kappa shape index (κ2) is 11.2. The molecule has 2 N–H and O–H groups in total. The highest BCUT2D eigenvalue weighted by molar-refractivity contribution is 7.16. The van der Waals surface area contributed by atoms with Gasteiger partial charge in [-0.3, -0.25) is 9.80 Å². The topological polar surface area (TPSA) is 136 Å². The minimum atomic E-state index is -0.396. The van der Waals surface area contributed by atoms with Gasteiger partial charge in [0.25, 0.3) is 0 Å². The number of thiophene rings is 1. The van der Waals surface area contributed by atoms with Crippen LogP contribution in [0.3, 0.4) is 0 Å². The number of fused-ring (bicyclic) bond motifs is 6. The van der Waals surface area contributed by atoms with E-state index in [1.165, 1.54) is 11.3 Å². The number of ether oxygens (including phenoxy) is 3. The predicted molar refractivity (Wildman–Crippen MR) is 176 cm³/mol. The standard InChI is InChI=1S/C35H43N7O4S/c1-20(25-7-5-12-41(25)2)45-33-24-15-42(21-16-44-17-21)18-34(11-13-43-19-34)29(24)38-32(39-33)28-22-6-3-9-35(30(22)46-40-28)10-4-8-26-27(35)23(14-36)31(37)47-26/h20-21,25H,3-13,15-19,37H2,1-2H3/t20-,25-,34-,35-/m0/s1. The fourth-order valence-electron chi connectivity index (χ4n) is 9.58. The van der Waals surface area contributed by atoms with E-state index in [2.05, 4.69) is 29.8 Å². The number of nitrogens with zero attached hydrogens (tertiary/aromatic N) is 6. The quantitative estimate of drug-likeness (QED) is 0.420. The van der Waals surface area contributed by atoms with Crippen molar-refractivity contribution in [1.29, 1.82) is 5.26 Å². The number of likely N-dealkylation sites (tertiary alicyclic amines) is 1. The molecule has 0 bridgehead atoms. The Hall–Kier alpha value is -3.08. The molecule has 0 radical (unpaired) electrons. The van der Waals surface area contributed by atoms with Gasteiger partial charge in [-0.1, -0.05) is 5.16 Å². The summed E-state index contributed by atoms with van der Waals surface area (Å²) in [6, 6.07) is 3.15. The maximum absolute atomic E-state index is 10.2. The Labute approximate surface area is 279 Å². The maximum Gasteiger partial charge on any atom is 0.222 e. The lowest BCUT2D eigenvalue weighted by molar-refractivity contribution is -0.0792. The van der Waals surface area contributed by atoms with Gasteiger partial charge in [0, 0.05) is 36.2 Å². The van der Waals surface area contributed by atoms with Crippen molar-refractivity contribution in [1.82, 2.24) is 24.9 Å². The summed E-state index contributed by atoms with van der Waals surface area (Å²) in [4.78, 5) is 16.8. The highest BCUT2D eigenvalue weighted by Crippen LogP contribution is 2.55. The molecule has 3 fully saturated rings. The molecule has 3 aromatic heterocycles. The van der Waals surface area contributed by atoms with Crippen molar-refractivity contribution in [2.75, 3.05) is 52.3 Å². The Morgan fingerprint density at radius 1 is 1.11 bits per heavy atom. The van der Waals surface area contributed by atoms with E-state index in [0.29, 0.717) is 53.3 Å². The van der Waals surface area contributed by atoms with E-state index in [9.17, 15) is 5.26 Å². The summed E-state index contributed by atoms with van der Waals surface area (Å²) in [6.07, 6.45) is 8.76. The first-order chi connectivity index (χ1) is 22.9. The molecule has 6 aliphatic rings. The molecule has 4 atom stereocenters. The van der Waals surface area contributed by atoms with Crippen LogP contribution in [0, 0.1) is 11.3 Å². The van der Waals surface area contributed by atoms with Gasteiger partial charge >= 0.3 is 0 Å². The highest BCUT2D eigenvalue weighted by atomic mass is 32.1. The van der Waals surface area contributed by atoms with E-state index in [0.717, 1.165) is 112 Å². The largest absolute Gasteiger partial charge is 0.473 e. The summed E-state index contributed by atoms with van der Waals surface area (Å²) < 4.78 is 25.0. The third-order valence-electron chi connectivity index (χ3n) is 12.1. The summed E-state index contributed by atoms with van der Waals surface area (Å²) in [6.45, 7) is 7.71. The van der Waals surface area contributed by atoms with E-state index < -0.39 is 5.41 Å². The third-order valence-corrected chi connectivity index (χ3v) is 13.1. The molecule has 2 spiro atoms. The zero-order valence-electron chi connectivity index (χ0n) is 27.3. The van der Waals surface area contributed by atoms with Gasteiger partial charge in [0.2, 0.25) is 5.88 Å². The number of likely N-dealkylation sites (N-methyl/N-ethyl adjacent to an activating group) is 1.